The molecule has 0 heterocycles. The van der Waals surface area contributed by atoms with Crippen LogP contribution in [0.15, 0.2) is 24.3 Å². The highest BCUT2D eigenvalue weighted by molar-refractivity contribution is 5.74. The fourth-order valence-corrected chi connectivity index (χ4v) is 2.83. The average Bonchev–Trinajstić information content (AvgIpc) is 2.56. The molecule has 0 spiro atoms. The minimum absolute atomic E-state index is 0.0755. The van der Waals surface area contributed by atoms with E-state index in [2.05, 4.69) is 10.6 Å². The first-order chi connectivity index (χ1) is 11.1. The molecule has 0 radical (unpaired) electrons. The molecule has 1 saturated carbocycles. The first-order valence-electron chi connectivity index (χ1n) is 7.98. The Morgan fingerprint density at radius 1 is 1.17 bits per heavy atom. The highest BCUT2D eigenvalue weighted by Gasteiger charge is 2.26. The van der Waals surface area contributed by atoms with Crippen LogP contribution in [0, 0.1) is 5.92 Å². The minimum atomic E-state index is -0.729. The number of carbonyl (C=O) groups is 2. The number of benzene rings is 1. The van der Waals surface area contributed by atoms with Crippen LogP contribution in [-0.2, 0) is 11.2 Å². The maximum Gasteiger partial charge on any atom is 0.315 e. The summed E-state index contributed by atoms with van der Waals surface area (Å²) in [6.45, 7) is 0.558. The monoisotopic (exact) mass is 320 g/mol. The van der Waals surface area contributed by atoms with Crippen LogP contribution in [-0.4, -0.2) is 36.8 Å². The number of aliphatic carboxylic acids is 1. The van der Waals surface area contributed by atoms with Crippen LogP contribution in [0.4, 0.5) is 4.79 Å². The summed E-state index contributed by atoms with van der Waals surface area (Å²) in [5, 5.41) is 14.7. The quantitative estimate of drug-likeness (QED) is 0.749. The molecule has 2 amide bonds. The summed E-state index contributed by atoms with van der Waals surface area (Å²) in [7, 11) is 1.63. The molecule has 0 bridgehead atoms. The number of amides is 2. The molecule has 6 heteroatoms. The van der Waals surface area contributed by atoms with E-state index in [1.807, 2.05) is 24.3 Å². The fourth-order valence-electron chi connectivity index (χ4n) is 2.83. The minimum Gasteiger partial charge on any atom is -0.497 e. The van der Waals surface area contributed by atoms with Gasteiger partial charge in [-0.25, -0.2) is 4.79 Å². The molecule has 126 valence electrons. The maximum atomic E-state index is 11.9. The van der Waals surface area contributed by atoms with Crippen molar-refractivity contribution in [1.29, 1.82) is 0 Å². The number of hydrogen-bond acceptors (Lipinski definition) is 3. The van der Waals surface area contributed by atoms with Gasteiger partial charge in [0.15, 0.2) is 0 Å². The Morgan fingerprint density at radius 2 is 1.83 bits per heavy atom. The molecule has 0 saturated heterocycles. The van der Waals surface area contributed by atoms with Crippen molar-refractivity contribution in [1.82, 2.24) is 10.6 Å². The third kappa shape index (κ3) is 5.47. The van der Waals surface area contributed by atoms with Crippen molar-refractivity contribution >= 4 is 12.0 Å². The van der Waals surface area contributed by atoms with E-state index in [1.165, 1.54) is 0 Å². The lowest BCUT2D eigenvalue weighted by molar-refractivity contribution is -0.142. The van der Waals surface area contributed by atoms with Gasteiger partial charge in [0, 0.05) is 12.6 Å². The van der Waals surface area contributed by atoms with Crippen LogP contribution in [0.3, 0.4) is 0 Å². The Labute approximate surface area is 136 Å². The van der Waals surface area contributed by atoms with Crippen molar-refractivity contribution in [2.45, 2.75) is 38.1 Å². The zero-order valence-electron chi connectivity index (χ0n) is 13.4. The number of carbonyl (C=O) groups excluding carboxylic acids is 1. The lowest BCUT2D eigenvalue weighted by atomic mass is 9.86. The Kier molecular flexibility index (Phi) is 6.26. The van der Waals surface area contributed by atoms with Gasteiger partial charge in [-0.3, -0.25) is 4.79 Å². The number of rotatable bonds is 6. The van der Waals surface area contributed by atoms with E-state index in [4.69, 9.17) is 9.84 Å². The number of carboxylic acids is 1. The number of urea groups is 1. The van der Waals surface area contributed by atoms with Gasteiger partial charge in [0.25, 0.3) is 0 Å². The second-order valence-electron chi connectivity index (χ2n) is 5.89. The summed E-state index contributed by atoms with van der Waals surface area (Å²) in [6.07, 6.45) is 3.47. The molecule has 0 unspecified atom stereocenters. The number of hydrogen-bond donors (Lipinski definition) is 3. The van der Waals surface area contributed by atoms with Crippen LogP contribution < -0.4 is 15.4 Å². The number of carboxylic acid groups (broad SMARTS) is 1. The SMILES string of the molecule is COc1ccc(CCNC(=O)NC2CCC(C(=O)O)CC2)cc1. The molecule has 2 rings (SSSR count). The van der Waals surface area contributed by atoms with E-state index < -0.39 is 5.97 Å². The van der Waals surface area contributed by atoms with Crippen LogP contribution in [0.25, 0.3) is 0 Å². The van der Waals surface area contributed by atoms with Gasteiger partial charge >= 0.3 is 12.0 Å². The first-order valence-corrected chi connectivity index (χ1v) is 7.98. The molecular weight excluding hydrogens is 296 g/mol. The third-order valence-corrected chi connectivity index (χ3v) is 4.27. The predicted octanol–water partition coefficient (Wildman–Crippen LogP) is 2.18. The molecule has 1 aliphatic rings. The molecule has 1 aromatic rings. The second kappa shape index (κ2) is 8.41. The van der Waals surface area contributed by atoms with Crippen molar-refractivity contribution in [2.75, 3.05) is 13.7 Å². The normalized spacial score (nSPS) is 20.6. The zero-order valence-corrected chi connectivity index (χ0v) is 13.4. The van der Waals surface area contributed by atoms with Crippen LogP contribution in [0.2, 0.25) is 0 Å². The third-order valence-electron chi connectivity index (χ3n) is 4.27. The van der Waals surface area contributed by atoms with Gasteiger partial charge in [-0.05, 0) is 49.8 Å². The summed E-state index contributed by atoms with van der Waals surface area (Å²) in [4.78, 5) is 22.8. The number of nitrogens with one attached hydrogen (secondary N) is 2. The Morgan fingerprint density at radius 3 is 2.39 bits per heavy atom. The Hall–Kier alpha value is -2.24. The average molecular weight is 320 g/mol. The molecule has 0 aliphatic heterocycles. The highest BCUT2D eigenvalue weighted by Crippen LogP contribution is 2.24. The molecule has 1 aliphatic carbocycles. The molecular formula is C17H24N2O4. The van der Waals surface area contributed by atoms with Gasteiger partial charge in [-0.15, -0.1) is 0 Å². The Balaban J connectivity index is 1.64. The molecule has 6 nitrogen and oxygen atoms in total. The largest absolute Gasteiger partial charge is 0.497 e. The lowest BCUT2D eigenvalue weighted by Crippen LogP contribution is -2.44. The van der Waals surface area contributed by atoms with Gasteiger partial charge in [-0.2, -0.15) is 0 Å². The van der Waals surface area contributed by atoms with Gasteiger partial charge < -0.3 is 20.5 Å². The molecule has 1 aromatic carbocycles. The van der Waals surface area contributed by atoms with Crippen LogP contribution in [0.5, 0.6) is 5.75 Å². The predicted molar refractivity (Wildman–Crippen MR) is 86.6 cm³/mol. The van der Waals surface area contributed by atoms with Crippen molar-refractivity contribution in [3.05, 3.63) is 29.8 Å². The van der Waals surface area contributed by atoms with E-state index >= 15 is 0 Å². The molecule has 23 heavy (non-hydrogen) atoms. The first kappa shape index (κ1) is 17.1. The summed E-state index contributed by atoms with van der Waals surface area (Å²) in [6, 6.07) is 7.65. The highest BCUT2D eigenvalue weighted by atomic mass is 16.5. The summed E-state index contributed by atoms with van der Waals surface area (Å²) < 4.78 is 5.10. The van der Waals surface area contributed by atoms with Crippen LogP contribution in [0.1, 0.15) is 31.2 Å². The van der Waals surface area contributed by atoms with Crippen molar-refractivity contribution in [3.63, 3.8) is 0 Å². The summed E-state index contributed by atoms with van der Waals surface area (Å²) >= 11 is 0. The topological polar surface area (TPSA) is 87.7 Å². The molecule has 1 fully saturated rings. The van der Waals surface area contributed by atoms with E-state index in [-0.39, 0.29) is 18.0 Å². The number of methoxy groups -OCH3 is 1. The second-order valence-corrected chi connectivity index (χ2v) is 5.89. The summed E-state index contributed by atoms with van der Waals surface area (Å²) in [5.41, 5.74) is 1.13. The maximum absolute atomic E-state index is 11.9. The smallest absolute Gasteiger partial charge is 0.315 e. The molecule has 3 N–H and O–H groups in total. The van der Waals surface area contributed by atoms with Gasteiger partial charge in [0.05, 0.1) is 13.0 Å². The zero-order chi connectivity index (χ0) is 16.7. The van der Waals surface area contributed by atoms with Crippen molar-refractivity contribution < 1.29 is 19.4 Å². The number of ether oxygens (including phenoxy) is 1. The van der Waals surface area contributed by atoms with Gasteiger partial charge in [0.1, 0.15) is 5.75 Å². The fraction of sp³-hybridized carbons (Fsp3) is 0.529. The van der Waals surface area contributed by atoms with E-state index in [1.54, 1.807) is 7.11 Å². The molecule has 0 aromatic heterocycles. The van der Waals surface area contributed by atoms with Crippen molar-refractivity contribution in [2.24, 2.45) is 5.92 Å². The van der Waals surface area contributed by atoms with E-state index in [0.29, 0.717) is 19.4 Å². The lowest BCUT2D eigenvalue weighted by Gasteiger charge is -2.26. The van der Waals surface area contributed by atoms with Crippen molar-refractivity contribution in [3.8, 4) is 5.75 Å². The standard InChI is InChI=1S/C17H24N2O4/c1-23-15-8-2-12(3-9-15)10-11-18-17(22)19-14-6-4-13(5-7-14)16(20)21/h2-3,8-9,13-14H,4-7,10-11H2,1H3,(H,20,21)(H2,18,19,22). The van der Waals surface area contributed by atoms with E-state index in [0.717, 1.165) is 30.6 Å². The van der Waals surface area contributed by atoms with Gasteiger partial charge in [0.2, 0.25) is 0 Å². The summed E-state index contributed by atoms with van der Waals surface area (Å²) in [5.74, 6) is -0.171. The van der Waals surface area contributed by atoms with Gasteiger partial charge in [-0.1, -0.05) is 12.1 Å². The van der Waals surface area contributed by atoms with Crippen LogP contribution >= 0.6 is 0 Å². The van der Waals surface area contributed by atoms with E-state index in [9.17, 15) is 9.59 Å². The Bertz CT molecular complexity index is 522. The molecule has 0 atom stereocenters.